The van der Waals surface area contributed by atoms with Gasteiger partial charge in [0.15, 0.2) is 0 Å². The Labute approximate surface area is 92.4 Å². The maximum Gasteiger partial charge on any atom is 0.345 e. The summed E-state index contributed by atoms with van der Waals surface area (Å²) in [7, 11) is 0. The fourth-order valence-corrected chi connectivity index (χ4v) is 1.12. The van der Waals surface area contributed by atoms with Crippen LogP contribution in [0.4, 0.5) is 5.69 Å². The van der Waals surface area contributed by atoms with Gasteiger partial charge in [0.05, 0.1) is 5.56 Å². The van der Waals surface area contributed by atoms with E-state index in [1.165, 1.54) is 19.1 Å². The van der Waals surface area contributed by atoms with E-state index in [4.69, 9.17) is 0 Å². The van der Waals surface area contributed by atoms with Gasteiger partial charge in [0, 0.05) is 19.5 Å². The van der Waals surface area contributed by atoms with Crippen LogP contribution in [0.5, 0.6) is 0 Å². The monoisotopic (exact) mass is 221 g/mol. The molecule has 0 saturated carbocycles. The molecule has 0 heterocycles. The van der Waals surface area contributed by atoms with Gasteiger partial charge in [0.1, 0.15) is 0 Å². The highest BCUT2D eigenvalue weighted by molar-refractivity contribution is 5.98. The van der Waals surface area contributed by atoms with Crippen molar-refractivity contribution in [3.8, 4) is 0 Å². The first-order valence-electron chi connectivity index (χ1n) is 4.59. The van der Waals surface area contributed by atoms with Crippen molar-refractivity contribution in [3.63, 3.8) is 0 Å². The molecule has 1 aromatic carbocycles. The molecule has 0 aliphatic heterocycles. The molecule has 1 aromatic rings. The molecule has 0 aromatic heterocycles. The Kier molecular flexibility index (Phi) is 3.77. The number of carbonyl (C=O) groups excluding carboxylic acids is 3. The van der Waals surface area contributed by atoms with E-state index in [-0.39, 0.29) is 11.5 Å². The second-order valence-electron chi connectivity index (χ2n) is 3.14. The zero-order valence-electron chi connectivity index (χ0n) is 8.94. The van der Waals surface area contributed by atoms with Gasteiger partial charge in [-0.25, -0.2) is 4.79 Å². The van der Waals surface area contributed by atoms with E-state index >= 15 is 0 Å². The van der Waals surface area contributed by atoms with Crippen LogP contribution >= 0.6 is 0 Å². The van der Waals surface area contributed by atoms with Crippen LogP contribution in [-0.4, -0.2) is 17.8 Å². The molecule has 1 N–H and O–H groups in total. The topological polar surface area (TPSA) is 72.5 Å². The smallest absolute Gasteiger partial charge is 0.345 e. The van der Waals surface area contributed by atoms with Crippen LogP contribution in [0.1, 0.15) is 24.2 Å². The summed E-state index contributed by atoms with van der Waals surface area (Å²) in [5.41, 5.74) is 0.687. The average molecular weight is 221 g/mol. The molecule has 84 valence electrons. The molecule has 5 heteroatoms. The van der Waals surface area contributed by atoms with Crippen molar-refractivity contribution < 1.29 is 19.1 Å². The van der Waals surface area contributed by atoms with Crippen LogP contribution in [0.2, 0.25) is 0 Å². The summed E-state index contributed by atoms with van der Waals surface area (Å²) in [5.74, 6) is -1.65. The van der Waals surface area contributed by atoms with Crippen molar-refractivity contribution in [1.29, 1.82) is 0 Å². The predicted molar refractivity (Wildman–Crippen MR) is 56.8 cm³/mol. The van der Waals surface area contributed by atoms with Gasteiger partial charge >= 0.3 is 11.9 Å². The van der Waals surface area contributed by atoms with E-state index in [1.54, 1.807) is 12.1 Å². The predicted octanol–water partition coefficient (Wildman–Crippen LogP) is 1.35. The maximum absolute atomic E-state index is 11.3. The molecule has 16 heavy (non-hydrogen) atoms. The Morgan fingerprint density at radius 3 is 2.44 bits per heavy atom. The lowest BCUT2D eigenvalue weighted by Crippen LogP contribution is -2.11. The second kappa shape index (κ2) is 5.06. The summed E-state index contributed by atoms with van der Waals surface area (Å²) in [6.07, 6.45) is 0. The molecular weight excluding hydrogens is 210 g/mol. The number of nitrogens with one attached hydrogen (secondary N) is 1. The summed E-state index contributed by atoms with van der Waals surface area (Å²) >= 11 is 0. The Hall–Kier alpha value is -2.17. The maximum atomic E-state index is 11.3. The minimum Gasteiger partial charge on any atom is -0.390 e. The Bertz CT molecular complexity index is 439. The molecule has 0 atom stereocenters. The van der Waals surface area contributed by atoms with Gasteiger partial charge in [-0.05, 0) is 18.2 Å². The summed E-state index contributed by atoms with van der Waals surface area (Å²) in [4.78, 5) is 32.7. The van der Waals surface area contributed by atoms with E-state index < -0.39 is 11.9 Å². The fourth-order valence-electron chi connectivity index (χ4n) is 1.12. The van der Waals surface area contributed by atoms with Crippen LogP contribution in [0, 0.1) is 0 Å². The minimum absolute atomic E-state index is 0.210. The lowest BCUT2D eigenvalue weighted by Gasteiger charge is -2.04. The SMILES string of the molecule is CC(=O)Nc1cccc(C(=O)OC(C)=O)c1. The number of hydrogen-bond acceptors (Lipinski definition) is 4. The molecule has 0 spiro atoms. The first kappa shape index (κ1) is 11.9. The standard InChI is InChI=1S/C11H11NO4/c1-7(13)12-10-5-3-4-9(6-10)11(15)16-8(2)14/h3-6H,1-2H3,(H,12,13). The van der Waals surface area contributed by atoms with Gasteiger partial charge in [0.25, 0.3) is 0 Å². The third kappa shape index (κ3) is 3.53. The normalized spacial score (nSPS) is 9.38. The minimum atomic E-state index is -0.736. The van der Waals surface area contributed by atoms with Gasteiger partial charge < -0.3 is 10.1 Å². The van der Waals surface area contributed by atoms with Gasteiger partial charge in [-0.15, -0.1) is 0 Å². The summed E-state index contributed by atoms with van der Waals surface area (Å²) < 4.78 is 4.41. The highest BCUT2D eigenvalue weighted by Gasteiger charge is 2.10. The first-order chi connectivity index (χ1) is 7.49. The van der Waals surface area contributed by atoms with Crippen LogP contribution < -0.4 is 5.32 Å². The van der Waals surface area contributed by atoms with Crippen LogP contribution in [0.25, 0.3) is 0 Å². The molecular formula is C11H11NO4. The molecule has 0 bridgehead atoms. The number of amides is 1. The number of rotatable bonds is 2. The molecule has 1 rings (SSSR count). The molecule has 0 saturated heterocycles. The third-order valence-corrected chi connectivity index (χ3v) is 1.66. The van der Waals surface area contributed by atoms with Crippen molar-refractivity contribution in [1.82, 2.24) is 0 Å². The van der Waals surface area contributed by atoms with Crippen LogP contribution in [0.3, 0.4) is 0 Å². The number of esters is 2. The van der Waals surface area contributed by atoms with Gasteiger partial charge in [0.2, 0.25) is 5.91 Å². The number of ether oxygens (including phenoxy) is 1. The number of hydrogen-bond donors (Lipinski definition) is 1. The van der Waals surface area contributed by atoms with Gasteiger partial charge in [-0.2, -0.15) is 0 Å². The molecule has 0 radical (unpaired) electrons. The zero-order valence-corrected chi connectivity index (χ0v) is 8.94. The lowest BCUT2D eigenvalue weighted by atomic mass is 10.2. The fraction of sp³-hybridized carbons (Fsp3) is 0.182. The highest BCUT2D eigenvalue weighted by Crippen LogP contribution is 2.11. The molecule has 0 aliphatic rings. The van der Waals surface area contributed by atoms with Crippen molar-refractivity contribution in [2.45, 2.75) is 13.8 Å². The summed E-state index contributed by atoms with van der Waals surface area (Å²) in [6.45, 7) is 2.51. The lowest BCUT2D eigenvalue weighted by molar-refractivity contribution is -0.135. The summed E-state index contributed by atoms with van der Waals surface area (Å²) in [6, 6.07) is 6.15. The van der Waals surface area contributed by atoms with Gasteiger partial charge in [-0.3, -0.25) is 9.59 Å². The van der Waals surface area contributed by atoms with Crippen molar-refractivity contribution >= 4 is 23.5 Å². The Balaban J connectivity index is 2.85. The van der Waals surface area contributed by atoms with Crippen molar-refractivity contribution in [3.05, 3.63) is 29.8 Å². The van der Waals surface area contributed by atoms with E-state index in [0.29, 0.717) is 5.69 Å². The quantitative estimate of drug-likeness (QED) is 0.604. The van der Waals surface area contributed by atoms with E-state index in [9.17, 15) is 14.4 Å². The van der Waals surface area contributed by atoms with Crippen LogP contribution in [-0.2, 0) is 14.3 Å². The van der Waals surface area contributed by atoms with Crippen LogP contribution in [0.15, 0.2) is 24.3 Å². The van der Waals surface area contributed by atoms with Crippen molar-refractivity contribution in [2.75, 3.05) is 5.32 Å². The van der Waals surface area contributed by atoms with Crippen molar-refractivity contribution in [2.24, 2.45) is 0 Å². The highest BCUT2D eigenvalue weighted by atomic mass is 16.6. The zero-order chi connectivity index (χ0) is 12.1. The molecule has 0 aliphatic carbocycles. The first-order valence-corrected chi connectivity index (χ1v) is 4.59. The Morgan fingerprint density at radius 2 is 1.88 bits per heavy atom. The number of anilines is 1. The van der Waals surface area contributed by atoms with E-state index in [0.717, 1.165) is 6.92 Å². The second-order valence-corrected chi connectivity index (χ2v) is 3.14. The number of benzene rings is 1. The largest absolute Gasteiger partial charge is 0.390 e. The molecule has 5 nitrogen and oxygen atoms in total. The Morgan fingerprint density at radius 1 is 1.19 bits per heavy atom. The summed E-state index contributed by atoms with van der Waals surface area (Å²) in [5, 5.41) is 2.52. The molecule has 0 unspecified atom stereocenters. The molecule has 1 amide bonds. The van der Waals surface area contributed by atoms with Gasteiger partial charge in [-0.1, -0.05) is 6.07 Å². The average Bonchev–Trinajstić information content (AvgIpc) is 2.16. The van der Waals surface area contributed by atoms with E-state index in [2.05, 4.69) is 10.1 Å². The molecule has 0 fully saturated rings. The third-order valence-electron chi connectivity index (χ3n) is 1.66. The number of carbonyl (C=O) groups is 3. The van der Waals surface area contributed by atoms with E-state index in [1.807, 2.05) is 0 Å².